The first-order valence-electron chi connectivity index (χ1n) is 4.79. The van der Waals surface area contributed by atoms with Gasteiger partial charge in [0.05, 0.1) is 5.92 Å². The van der Waals surface area contributed by atoms with E-state index < -0.39 is 5.97 Å². The van der Waals surface area contributed by atoms with Crippen molar-refractivity contribution in [3.05, 3.63) is 0 Å². The number of nitrogens with zero attached hydrogens (tertiary/aromatic N) is 5. The Balaban J connectivity index is 1.94. The summed E-state index contributed by atoms with van der Waals surface area (Å²) in [7, 11) is 1.77. The van der Waals surface area contributed by atoms with E-state index in [9.17, 15) is 4.79 Å². The van der Waals surface area contributed by atoms with Crippen molar-refractivity contribution >= 4 is 11.9 Å². The summed E-state index contributed by atoms with van der Waals surface area (Å²) in [4.78, 5) is 12.7. The zero-order valence-corrected chi connectivity index (χ0v) is 8.66. The molecule has 0 amide bonds. The normalized spacial score (nSPS) is 18.7. The summed E-state index contributed by atoms with van der Waals surface area (Å²) < 4.78 is 1.58. The van der Waals surface area contributed by atoms with Gasteiger partial charge in [0.2, 0.25) is 5.95 Å². The SMILES string of the molecule is CC(C(=O)O)C1CN(c2nnnn2C)C1. The summed E-state index contributed by atoms with van der Waals surface area (Å²) >= 11 is 0. The standard InChI is InChI=1S/C8H13N5O2/c1-5(7(14)15)6-3-13(4-6)8-9-10-11-12(8)2/h5-6H,3-4H2,1-2H3,(H,14,15). The molecule has 0 saturated carbocycles. The molecule has 15 heavy (non-hydrogen) atoms. The fourth-order valence-corrected chi connectivity index (χ4v) is 1.69. The molecule has 2 rings (SSSR count). The molecule has 1 aromatic rings. The molecule has 1 aromatic heterocycles. The van der Waals surface area contributed by atoms with Gasteiger partial charge in [-0.25, -0.2) is 4.68 Å². The molecule has 7 nitrogen and oxygen atoms in total. The van der Waals surface area contributed by atoms with E-state index in [4.69, 9.17) is 5.11 Å². The maximum absolute atomic E-state index is 10.7. The number of aromatic nitrogens is 4. The van der Waals surface area contributed by atoms with Gasteiger partial charge in [-0.3, -0.25) is 4.79 Å². The maximum Gasteiger partial charge on any atom is 0.306 e. The molecule has 1 fully saturated rings. The third kappa shape index (κ3) is 1.64. The highest BCUT2D eigenvalue weighted by atomic mass is 16.4. The molecule has 7 heteroatoms. The number of hydrogen-bond acceptors (Lipinski definition) is 5. The maximum atomic E-state index is 10.7. The van der Waals surface area contributed by atoms with Gasteiger partial charge in [-0.05, 0) is 10.4 Å². The molecule has 1 N–H and O–H groups in total. The minimum Gasteiger partial charge on any atom is -0.481 e. The topological polar surface area (TPSA) is 84.1 Å². The lowest BCUT2D eigenvalue weighted by Gasteiger charge is -2.40. The van der Waals surface area contributed by atoms with Crippen molar-refractivity contribution in [3.8, 4) is 0 Å². The number of hydrogen-bond donors (Lipinski definition) is 1. The van der Waals surface area contributed by atoms with Crippen molar-refractivity contribution in [2.45, 2.75) is 6.92 Å². The molecule has 0 aliphatic carbocycles. The molecular formula is C8H13N5O2. The van der Waals surface area contributed by atoms with Crippen LogP contribution in [0.3, 0.4) is 0 Å². The van der Waals surface area contributed by atoms with Gasteiger partial charge in [0.25, 0.3) is 0 Å². The summed E-state index contributed by atoms with van der Waals surface area (Å²) in [5.41, 5.74) is 0. The highest BCUT2D eigenvalue weighted by Crippen LogP contribution is 2.27. The van der Waals surface area contributed by atoms with Crippen LogP contribution >= 0.6 is 0 Å². The Morgan fingerprint density at radius 1 is 1.60 bits per heavy atom. The van der Waals surface area contributed by atoms with Gasteiger partial charge in [0, 0.05) is 26.1 Å². The number of carboxylic acid groups (broad SMARTS) is 1. The lowest BCUT2D eigenvalue weighted by molar-refractivity contribution is -0.143. The van der Waals surface area contributed by atoms with Gasteiger partial charge in [-0.1, -0.05) is 12.0 Å². The molecule has 1 unspecified atom stereocenters. The van der Waals surface area contributed by atoms with Crippen molar-refractivity contribution in [3.63, 3.8) is 0 Å². The number of carboxylic acids is 1. The molecule has 0 spiro atoms. The second kappa shape index (κ2) is 3.48. The van der Waals surface area contributed by atoms with Gasteiger partial charge in [-0.2, -0.15) is 0 Å². The Hall–Kier alpha value is -1.66. The summed E-state index contributed by atoms with van der Waals surface area (Å²) in [6.07, 6.45) is 0. The lowest BCUT2D eigenvalue weighted by Crippen LogP contribution is -2.52. The fourth-order valence-electron chi connectivity index (χ4n) is 1.69. The van der Waals surface area contributed by atoms with Crippen LogP contribution in [-0.4, -0.2) is 44.4 Å². The molecule has 1 aliphatic rings. The van der Waals surface area contributed by atoms with E-state index in [1.54, 1.807) is 18.7 Å². The van der Waals surface area contributed by atoms with Crippen molar-refractivity contribution < 1.29 is 9.90 Å². The van der Waals surface area contributed by atoms with E-state index in [-0.39, 0.29) is 11.8 Å². The first kappa shape index (κ1) is 9.88. The van der Waals surface area contributed by atoms with E-state index in [0.29, 0.717) is 19.0 Å². The molecule has 82 valence electrons. The van der Waals surface area contributed by atoms with Gasteiger partial charge in [-0.15, -0.1) is 0 Å². The Kier molecular flexibility index (Phi) is 2.29. The van der Waals surface area contributed by atoms with E-state index in [1.807, 2.05) is 4.90 Å². The average molecular weight is 211 g/mol. The Morgan fingerprint density at radius 3 is 2.73 bits per heavy atom. The Morgan fingerprint density at radius 2 is 2.27 bits per heavy atom. The zero-order chi connectivity index (χ0) is 11.0. The first-order chi connectivity index (χ1) is 7.09. The van der Waals surface area contributed by atoms with Crippen LogP contribution in [0.5, 0.6) is 0 Å². The summed E-state index contributed by atoms with van der Waals surface area (Å²) in [6.45, 7) is 3.16. The van der Waals surface area contributed by atoms with Crippen LogP contribution in [0.15, 0.2) is 0 Å². The molecule has 0 bridgehead atoms. The summed E-state index contributed by atoms with van der Waals surface area (Å²) in [6, 6.07) is 0. The van der Waals surface area contributed by atoms with Crippen molar-refractivity contribution in [2.24, 2.45) is 18.9 Å². The van der Waals surface area contributed by atoms with E-state index in [0.717, 1.165) is 0 Å². The number of aryl methyl sites for hydroxylation is 1. The molecule has 1 saturated heterocycles. The molecular weight excluding hydrogens is 198 g/mol. The van der Waals surface area contributed by atoms with Crippen LogP contribution in [0.25, 0.3) is 0 Å². The van der Waals surface area contributed by atoms with Crippen molar-refractivity contribution in [2.75, 3.05) is 18.0 Å². The van der Waals surface area contributed by atoms with Crippen LogP contribution in [0.2, 0.25) is 0 Å². The molecule has 1 aliphatic heterocycles. The largest absolute Gasteiger partial charge is 0.481 e. The second-order valence-electron chi connectivity index (χ2n) is 3.89. The smallest absolute Gasteiger partial charge is 0.306 e. The summed E-state index contributed by atoms with van der Waals surface area (Å²) in [5, 5.41) is 19.9. The van der Waals surface area contributed by atoms with Crippen LogP contribution in [0.4, 0.5) is 5.95 Å². The van der Waals surface area contributed by atoms with Gasteiger partial charge in [0.15, 0.2) is 0 Å². The Bertz CT molecular complexity index is 371. The predicted molar refractivity (Wildman–Crippen MR) is 51.3 cm³/mol. The lowest BCUT2D eigenvalue weighted by atomic mass is 9.87. The molecule has 0 aromatic carbocycles. The van der Waals surface area contributed by atoms with Gasteiger partial charge in [0.1, 0.15) is 0 Å². The van der Waals surface area contributed by atoms with Crippen molar-refractivity contribution in [1.29, 1.82) is 0 Å². The van der Waals surface area contributed by atoms with E-state index in [1.165, 1.54) is 0 Å². The van der Waals surface area contributed by atoms with Crippen LogP contribution in [-0.2, 0) is 11.8 Å². The molecule has 0 radical (unpaired) electrons. The highest BCUT2D eigenvalue weighted by Gasteiger charge is 2.36. The third-order valence-electron chi connectivity index (χ3n) is 2.89. The average Bonchev–Trinajstić information content (AvgIpc) is 2.49. The van der Waals surface area contributed by atoms with Crippen LogP contribution in [0.1, 0.15) is 6.92 Å². The third-order valence-corrected chi connectivity index (χ3v) is 2.89. The number of rotatable bonds is 3. The number of aliphatic carboxylic acids is 1. The highest BCUT2D eigenvalue weighted by molar-refractivity contribution is 5.70. The molecule has 2 heterocycles. The monoisotopic (exact) mass is 211 g/mol. The second-order valence-corrected chi connectivity index (χ2v) is 3.89. The summed E-state index contributed by atoms with van der Waals surface area (Å²) in [5.74, 6) is -0.152. The van der Waals surface area contributed by atoms with Gasteiger partial charge < -0.3 is 10.0 Å². The minimum absolute atomic E-state index is 0.194. The quantitative estimate of drug-likeness (QED) is 0.716. The fraction of sp³-hybridized carbons (Fsp3) is 0.750. The Labute approximate surface area is 86.7 Å². The minimum atomic E-state index is -0.740. The van der Waals surface area contributed by atoms with Crippen molar-refractivity contribution in [1.82, 2.24) is 20.2 Å². The van der Waals surface area contributed by atoms with E-state index >= 15 is 0 Å². The number of carbonyl (C=O) groups is 1. The number of tetrazole rings is 1. The zero-order valence-electron chi connectivity index (χ0n) is 8.66. The van der Waals surface area contributed by atoms with Crippen LogP contribution in [0, 0.1) is 11.8 Å². The first-order valence-corrected chi connectivity index (χ1v) is 4.79. The number of anilines is 1. The van der Waals surface area contributed by atoms with E-state index in [2.05, 4.69) is 15.5 Å². The van der Waals surface area contributed by atoms with Crippen LogP contribution < -0.4 is 4.90 Å². The molecule has 1 atom stereocenters. The van der Waals surface area contributed by atoms with Gasteiger partial charge >= 0.3 is 5.97 Å². The predicted octanol–water partition coefficient (Wildman–Crippen LogP) is -0.633.